The lowest BCUT2D eigenvalue weighted by Gasteiger charge is -2.29. The van der Waals surface area contributed by atoms with Gasteiger partial charge in [-0.15, -0.1) is 0 Å². The standard InChI is InChI=1S/C51H33N3O/c1-2-13-38(14-3-1)53(39-25-23-35(24-26-39)41-17-10-18-44-46-33-52-30-29-50(46)55-51(41)44)49-28-27-40(32-45(49)37-22-21-34-11-4-5-12-36(34)31-37)54-47-19-8-6-15-42(47)43-16-7-9-20-48(43)54/h1-33H. The molecule has 0 radical (unpaired) electrons. The number of benzene rings is 8. The van der Waals surface area contributed by atoms with Crippen LogP contribution in [-0.2, 0) is 0 Å². The van der Waals surface area contributed by atoms with Crippen LogP contribution in [0.15, 0.2) is 205 Å². The van der Waals surface area contributed by atoms with Crippen LogP contribution >= 0.6 is 0 Å². The van der Waals surface area contributed by atoms with E-state index in [9.17, 15) is 0 Å². The molecule has 0 aliphatic rings. The highest BCUT2D eigenvalue weighted by Gasteiger charge is 2.21. The van der Waals surface area contributed by atoms with Crippen LogP contribution < -0.4 is 4.90 Å². The highest BCUT2D eigenvalue weighted by Crippen LogP contribution is 2.44. The molecule has 0 fully saturated rings. The molecule has 8 aromatic carbocycles. The molecule has 11 rings (SSSR count). The van der Waals surface area contributed by atoms with Crippen molar-refractivity contribution < 1.29 is 4.42 Å². The van der Waals surface area contributed by atoms with Crippen molar-refractivity contribution in [3.05, 3.63) is 200 Å². The molecule has 3 heterocycles. The maximum Gasteiger partial charge on any atom is 0.143 e. The van der Waals surface area contributed by atoms with Gasteiger partial charge in [0.15, 0.2) is 0 Å². The zero-order valence-corrected chi connectivity index (χ0v) is 29.8. The van der Waals surface area contributed by atoms with Gasteiger partial charge in [-0.05, 0) is 88.6 Å². The number of anilines is 3. The molecular weight excluding hydrogens is 671 g/mol. The second kappa shape index (κ2) is 12.6. The third-order valence-electron chi connectivity index (χ3n) is 10.9. The number of para-hydroxylation sites is 4. The van der Waals surface area contributed by atoms with Gasteiger partial charge in [-0.2, -0.15) is 0 Å². The van der Waals surface area contributed by atoms with Crippen molar-refractivity contribution >= 4 is 71.6 Å². The fraction of sp³-hybridized carbons (Fsp3) is 0. The van der Waals surface area contributed by atoms with Crippen molar-refractivity contribution in [3.8, 4) is 27.9 Å². The smallest absolute Gasteiger partial charge is 0.143 e. The van der Waals surface area contributed by atoms with Gasteiger partial charge in [-0.1, -0.05) is 121 Å². The number of furan rings is 1. The molecule has 3 aromatic heterocycles. The van der Waals surface area contributed by atoms with Gasteiger partial charge < -0.3 is 13.9 Å². The van der Waals surface area contributed by atoms with E-state index in [2.05, 4.69) is 196 Å². The van der Waals surface area contributed by atoms with Crippen LogP contribution in [0.5, 0.6) is 0 Å². The van der Waals surface area contributed by atoms with Crippen LogP contribution in [0.2, 0.25) is 0 Å². The molecule has 0 aliphatic heterocycles. The summed E-state index contributed by atoms with van der Waals surface area (Å²) in [5.41, 5.74) is 12.9. The average molecular weight is 704 g/mol. The highest BCUT2D eigenvalue weighted by atomic mass is 16.3. The number of pyridine rings is 1. The van der Waals surface area contributed by atoms with Crippen molar-refractivity contribution in [3.63, 3.8) is 0 Å². The minimum absolute atomic E-state index is 0.842. The van der Waals surface area contributed by atoms with Gasteiger partial charge in [0.25, 0.3) is 0 Å². The Morgan fingerprint density at radius 1 is 0.455 bits per heavy atom. The monoisotopic (exact) mass is 703 g/mol. The Bertz CT molecular complexity index is 3160. The lowest BCUT2D eigenvalue weighted by Crippen LogP contribution is -2.11. The average Bonchev–Trinajstić information content (AvgIpc) is 3.81. The van der Waals surface area contributed by atoms with E-state index >= 15 is 0 Å². The Labute approximate surface area is 317 Å². The normalized spacial score (nSPS) is 11.6. The first-order chi connectivity index (χ1) is 27.3. The van der Waals surface area contributed by atoms with Gasteiger partial charge in [0.1, 0.15) is 11.2 Å². The van der Waals surface area contributed by atoms with Crippen LogP contribution in [0.3, 0.4) is 0 Å². The fourth-order valence-corrected chi connectivity index (χ4v) is 8.31. The van der Waals surface area contributed by atoms with Gasteiger partial charge in [0, 0.05) is 62.1 Å². The second-order valence-electron chi connectivity index (χ2n) is 14.0. The summed E-state index contributed by atoms with van der Waals surface area (Å²) in [6, 6.07) is 67.5. The predicted molar refractivity (Wildman–Crippen MR) is 229 cm³/mol. The number of rotatable bonds is 6. The minimum atomic E-state index is 0.842. The Balaban J connectivity index is 1.12. The third-order valence-corrected chi connectivity index (χ3v) is 10.9. The van der Waals surface area contributed by atoms with Crippen LogP contribution in [0.4, 0.5) is 17.1 Å². The van der Waals surface area contributed by atoms with Crippen molar-refractivity contribution in [2.75, 3.05) is 4.90 Å². The van der Waals surface area contributed by atoms with E-state index in [0.717, 1.165) is 66.9 Å². The van der Waals surface area contributed by atoms with E-state index in [-0.39, 0.29) is 0 Å². The number of fused-ring (bicyclic) bond motifs is 7. The minimum Gasteiger partial charge on any atom is -0.455 e. The van der Waals surface area contributed by atoms with Crippen LogP contribution in [0, 0.1) is 0 Å². The molecule has 0 bridgehead atoms. The molecule has 0 amide bonds. The van der Waals surface area contributed by atoms with Crippen LogP contribution in [-0.4, -0.2) is 9.55 Å². The summed E-state index contributed by atoms with van der Waals surface area (Å²) in [5.74, 6) is 0. The molecular formula is C51H33N3O. The first-order valence-electron chi connectivity index (χ1n) is 18.6. The number of aromatic nitrogens is 2. The van der Waals surface area contributed by atoms with Crippen molar-refractivity contribution in [2.45, 2.75) is 0 Å². The second-order valence-corrected chi connectivity index (χ2v) is 14.0. The van der Waals surface area contributed by atoms with Gasteiger partial charge >= 0.3 is 0 Å². The predicted octanol–water partition coefficient (Wildman–Crippen LogP) is 14.0. The lowest BCUT2D eigenvalue weighted by molar-refractivity contribution is 0.669. The quantitative estimate of drug-likeness (QED) is 0.173. The molecule has 11 aromatic rings. The Hall–Kier alpha value is -7.43. The number of hydrogen-bond donors (Lipinski definition) is 0. The highest BCUT2D eigenvalue weighted by molar-refractivity contribution is 6.10. The molecule has 258 valence electrons. The summed E-state index contributed by atoms with van der Waals surface area (Å²) in [7, 11) is 0. The Morgan fingerprint density at radius 2 is 1.13 bits per heavy atom. The van der Waals surface area contributed by atoms with Crippen molar-refractivity contribution in [1.82, 2.24) is 9.55 Å². The maximum atomic E-state index is 6.39. The largest absolute Gasteiger partial charge is 0.455 e. The molecule has 0 saturated carbocycles. The summed E-state index contributed by atoms with van der Waals surface area (Å²) in [4.78, 5) is 6.72. The van der Waals surface area contributed by atoms with Crippen LogP contribution in [0.1, 0.15) is 0 Å². The molecule has 0 unspecified atom stereocenters. The Kier molecular flexibility index (Phi) is 7.14. The molecule has 0 saturated heterocycles. The van der Waals surface area contributed by atoms with E-state index in [0.29, 0.717) is 0 Å². The molecule has 4 nitrogen and oxygen atoms in total. The third kappa shape index (κ3) is 5.11. The first-order valence-corrected chi connectivity index (χ1v) is 18.6. The van der Waals surface area contributed by atoms with E-state index in [1.807, 2.05) is 12.3 Å². The van der Waals surface area contributed by atoms with E-state index in [1.54, 1.807) is 6.20 Å². The van der Waals surface area contributed by atoms with Crippen LogP contribution in [0.25, 0.3) is 82.5 Å². The lowest BCUT2D eigenvalue weighted by atomic mass is 9.97. The zero-order valence-electron chi connectivity index (χ0n) is 29.8. The van der Waals surface area contributed by atoms with E-state index < -0.39 is 0 Å². The SMILES string of the molecule is c1ccc(N(c2ccc(-c3cccc4c3oc3ccncc34)cc2)c2ccc(-n3c4ccccc4c4ccccc43)cc2-c2ccc3ccccc3c2)cc1. The van der Waals surface area contributed by atoms with Crippen molar-refractivity contribution in [1.29, 1.82) is 0 Å². The van der Waals surface area contributed by atoms with Gasteiger partial charge in [0.2, 0.25) is 0 Å². The molecule has 0 atom stereocenters. The molecule has 0 aliphatic carbocycles. The summed E-state index contributed by atoms with van der Waals surface area (Å²) >= 11 is 0. The first kappa shape index (κ1) is 31.1. The number of nitrogens with zero attached hydrogens (tertiary/aromatic N) is 3. The molecule has 55 heavy (non-hydrogen) atoms. The summed E-state index contributed by atoms with van der Waals surface area (Å²) in [6.45, 7) is 0. The van der Waals surface area contributed by atoms with Gasteiger partial charge in [0.05, 0.1) is 16.7 Å². The molecule has 0 N–H and O–H groups in total. The van der Waals surface area contributed by atoms with E-state index in [4.69, 9.17) is 4.42 Å². The maximum absolute atomic E-state index is 6.39. The molecule has 4 heteroatoms. The Morgan fingerprint density at radius 3 is 1.93 bits per heavy atom. The zero-order chi connectivity index (χ0) is 36.3. The molecule has 0 spiro atoms. The van der Waals surface area contributed by atoms with Crippen molar-refractivity contribution in [2.24, 2.45) is 0 Å². The van der Waals surface area contributed by atoms with E-state index in [1.165, 1.54) is 32.6 Å². The summed E-state index contributed by atoms with van der Waals surface area (Å²) in [6.07, 6.45) is 3.66. The summed E-state index contributed by atoms with van der Waals surface area (Å²) in [5, 5.41) is 7.01. The summed E-state index contributed by atoms with van der Waals surface area (Å²) < 4.78 is 8.79. The fourth-order valence-electron chi connectivity index (χ4n) is 8.31. The van der Waals surface area contributed by atoms with Gasteiger partial charge in [-0.25, -0.2) is 0 Å². The topological polar surface area (TPSA) is 34.2 Å². The van der Waals surface area contributed by atoms with Gasteiger partial charge in [-0.3, -0.25) is 4.98 Å². The number of hydrogen-bond acceptors (Lipinski definition) is 3.